The monoisotopic (exact) mass is 572 g/mol. The number of carbonyl (C=O) groups excluding carboxylic acids is 3. The van der Waals surface area contributed by atoms with Crippen molar-refractivity contribution in [1.82, 2.24) is 9.80 Å². The molecule has 1 aromatic rings. The van der Waals surface area contributed by atoms with E-state index in [1.165, 1.54) is 37.4 Å². The maximum atomic E-state index is 13.6. The molecule has 220 valence electrons. The third kappa shape index (κ3) is 6.14. The van der Waals surface area contributed by atoms with Crippen LogP contribution in [0.25, 0.3) is 6.08 Å². The van der Waals surface area contributed by atoms with E-state index in [1.807, 2.05) is 6.92 Å². The highest BCUT2D eigenvalue weighted by molar-refractivity contribution is 7.99. The Morgan fingerprint density at radius 3 is 2.58 bits per heavy atom. The lowest BCUT2D eigenvalue weighted by Gasteiger charge is -2.40. The van der Waals surface area contributed by atoms with Crippen molar-refractivity contribution >= 4 is 35.6 Å². The Morgan fingerprint density at radius 2 is 1.90 bits per heavy atom. The lowest BCUT2D eigenvalue weighted by molar-refractivity contribution is -0.159. The van der Waals surface area contributed by atoms with E-state index in [0.29, 0.717) is 41.8 Å². The van der Waals surface area contributed by atoms with Crippen LogP contribution in [-0.2, 0) is 19.1 Å². The Bertz CT molecular complexity index is 1150. The summed E-state index contributed by atoms with van der Waals surface area (Å²) in [6, 6.07) is 3.59. The Hall–Kier alpha value is -2.68. The summed E-state index contributed by atoms with van der Waals surface area (Å²) in [4.78, 5) is 43.2. The number of ether oxygens (including phenoxy) is 2. The van der Waals surface area contributed by atoms with E-state index in [-0.39, 0.29) is 40.5 Å². The highest BCUT2D eigenvalue weighted by atomic mass is 32.2. The van der Waals surface area contributed by atoms with Crippen LogP contribution in [0.2, 0.25) is 0 Å². The lowest BCUT2D eigenvalue weighted by atomic mass is 9.66. The zero-order valence-corrected chi connectivity index (χ0v) is 25.5. The number of aromatic hydroxyl groups is 1. The summed E-state index contributed by atoms with van der Waals surface area (Å²) in [7, 11) is 1.46. The van der Waals surface area contributed by atoms with Gasteiger partial charge in [-0.3, -0.25) is 9.59 Å². The summed E-state index contributed by atoms with van der Waals surface area (Å²) in [6.45, 7) is 11.7. The number of benzene rings is 1. The fourth-order valence-electron chi connectivity index (χ4n) is 6.30. The smallest absolute Gasteiger partial charge is 0.329 e. The second-order valence-corrected chi connectivity index (χ2v) is 13.6. The standard InChI is InChI=1S/C31H44N2O6S/c1-20(16-22-13-14-30(2,3)31(22,4)5)39-29(37)23-8-7-15-32(23)28(36)24-18-40-19-33(24)27(35)12-10-21-9-11-25(34)26(17-21)38-6/h9-12,17,20,22-24,34H,7-8,13-16,18-19H2,1-6H3/b12-10+. The summed E-state index contributed by atoms with van der Waals surface area (Å²) in [5.74, 6) is 0.922. The molecule has 0 spiro atoms. The van der Waals surface area contributed by atoms with Crippen LogP contribution in [0.1, 0.15) is 72.3 Å². The number of phenols is 1. The number of thioether (sulfide) groups is 1. The minimum atomic E-state index is -0.621. The van der Waals surface area contributed by atoms with Gasteiger partial charge in [-0.15, -0.1) is 11.8 Å². The second kappa shape index (κ2) is 12.0. The minimum absolute atomic E-state index is 0.0204. The van der Waals surface area contributed by atoms with Gasteiger partial charge in [0.05, 0.1) is 19.1 Å². The molecule has 2 saturated heterocycles. The molecule has 9 heteroatoms. The highest BCUT2D eigenvalue weighted by Gasteiger charge is 2.49. The van der Waals surface area contributed by atoms with Gasteiger partial charge in [-0.2, -0.15) is 0 Å². The third-order valence-electron chi connectivity index (χ3n) is 9.70. The summed E-state index contributed by atoms with van der Waals surface area (Å²) < 4.78 is 11.1. The fraction of sp³-hybridized carbons (Fsp3) is 0.645. The van der Waals surface area contributed by atoms with Gasteiger partial charge < -0.3 is 24.4 Å². The van der Waals surface area contributed by atoms with Crippen molar-refractivity contribution in [3.63, 3.8) is 0 Å². The predicted octanol–water partition coefficient (Wildman–Crippen LogP) is 5.09. The number of esters is 1. The number of hydrogen-bond acceptors (Lipinski definition) is 7. The molecule has 0 radical (unpaired) electrons. The van der Waals surface area contributed by atoms with Gasteiger partial charge in [-0.25, -0.2) is 4.79 Å². The van der Waals surface area contributed by atoms with Crippen LogP contribution in [0.5, 0.6) is 11.5 Å². The molecule has 1 N–H and O–H groups in total. The third-order valence-corrected chi connectivity index (χ3v) is 10.7. The van der Waals surface area contributed by atoms with Crippen LogP contribution < -0.4 is 4.74 Å². The highest BCUT2D eigenvalue weighted by Crippen LogP contribution is 2.57. The largest absolute Gasteiger partial charge is 0.504 e. The molecule has 0 bridgehead atoms. The first-order chi connectivity index (χ1) is 18.9. The zero-order chi connectivity index (χ0) is 29.2. The Labute approximate surface area is 242 Å². The molecule has 2 heterocycles. The van der Waals surface area contributed by atoms with Gasteiger partial charge in [0.15, 0.2) is 11.5 Å². The van der Waals surface area contributed by atoms with E-state index in [1.54, 1.807) is 28.0 Å². The molecule has 2 aliphatic heterocycles. The summed E-state index contributed by atoms with van der Waals surface area (Å²) in [5, 5.41) is 9.79. The van der Waals surface area contributed by atoms with E-state index in [0.717, 1.165) is 19.3 Å². The van der Waals surface area contributed by atoms with E-state index in [2.05, 4.69) is 27.7 Å². The van der Waals surface area contributed by atoms with Crippen molar-refractivity contribution in [2.75, 3.05) is 25.3 Å². The SMILES string of the molecule is COc1cc(/C=C/C(=O)N2CSCC2C(=O)N2CCCC2C(=O)OC(C)CC2CCC(C)(C)C2(C)C)ccc1O. The first-order valence-corrected chi connectivity index (χ1v) is 15.5. The van der Waals surface area contributed by atoms with Crippen LogP contribution in [-0.4, -0.2) is 76.2 Å². The zero-order valence-electron chi connectivity index (χ0n) is 24.6. The van der Waals surface area contributed by atoms with Crippen molar-refractivity contribution < 1.29 is 29.0 Å². The summed E-state index contributed by atoms with van der Waals surface area (Å²) in [6.07, 6.45) is 7.29. The first-order valence-electron chi connectivity index (χ1n) is 14.3. The van der Waals surface area contributed by atoms with Crippen LogP contribution in [0.4, 0.5) is 0 Å². The number of methoxy groups -OCH3 is 1. The maximum Gasteiger partial charge on any atom is 0.329 e. The van der Waals surface area contributed by atoms with E-state index >= 15 is 0 Å². The van der Waals surface area contributed by atoms with E-state index in [9.17, 15) is 19.5 Å². The van der Waals surface area contributed by atoms with Crippen LogP contribution in [0, 0.1) is 16.7 Å². The number of phenolic OH excluding ortho intramolecular Hbond substituents is 1. The average molecular weight is 573 g/mol. The van der Waals surface area contributed by atoms with Crippen LogP contribution in [0.15, 0.2) is 24.3 Å². The van der Waals surface area contributed by atoms with Crippen molar-refractivity contribution in [1.29, 1.82) is 0 Å². The van der Waals surface area contributed by atoms with Gasteiger partial charge in [0.25, 0.3) is 0 Å². The fourth-order valence-corrected chi connectivity index (χ4v) is 7.46. The van der Waals surface area contributed by atoms with Gasteiger partial charge in [0, 0.05) is 18.4 Å². The molecule has 1 aliphatic carbocycles. The van der Waals surface area contributed by atoms with Gasteiger partial charge in [0.2, 0.25) is 11.8 Å². The van der Waals surface area contributed by atoms with Crippen molar-refractivity contribution in [3.05, 3.63) is 29.8 Å². The molecule has 0 aromatic heterocycles. The van der Waals surface area contributed by atoms with Gasteiger partial charge >= 0.3 is 5.97 Å². The summed E-state index contributed by atoms with van der Waals surface area (Å²) in [5.41, 5.74) is 1.12. The number of likely N-dealkylation sites (tertiary alicyclic amines) is 1. The van der Waals surface area contributed by atoms with E-state index in [4.69, 9.17) is 9.47 Å². The molecule has 4 unspecified atom stereocenters. The molecule has 4 rings (SSSR count). The molecular weight excluding hydrogens is 528 g/mol. The number of amides is 2. The molecule has 3 fully saturated rings. The molecule has 4 atom stereocenters. The minimum Gasteiger partial charge on any atom is -0.504 e. The molecular formula is C31H44N2O6S. The number of carbonyl (C=O) groups is 3. The van der Waals surface area contributed by atoms with Gasteiger partial charge in [-0.1, -0.05) is 33.8 Å². The van der Waals surface area contributed by atoms with Crippen molar-refractivity contribution in [3.8, 4) is 11.5 Å². The van der Waals surface area contributed by atoms with Crippen LogP contribution in [0.3, 0.4) is 0 Å². The molecule has 8 nitrogen and oxygen atoms in total. The Kier molecular flexibility index (Phi) is 9.12. The number of nitrogens with zero attached hydrogens (tertiary/aromatic N) is 2. The van der Waals surface area contributed by atoms with Crippen molar-refractivity contribution in [2.24, 2.45) is 16.7 Å². The molecule has 1 aromatic carbocycles. The maximum absolute atomic E-state index is 13.6. The molecule has 3 aliphatic rings. The van der Waals surface area contributed by atoms with Crippen molar-refractivity contribution in [2.45, 2.75) is 84.9 Å². The first kappa shape index (κ1) is 30.3. The molecule has 40 heavy (non-hydrogen) atoms. The summed E-state index contributed by atoms with van der Waals surface area (Å²) >= 11 is 1.53. The number of rotatable bonds is 8. The van der Waals surface area contributed by atoms with Crippen LogP contribution >= 0.6 is 11.8 Å². The normalized spacial score (nSPS) is 26.3. The predicted molar refractivity (Wildman–Crippen MR) is 157 cm³/mol. The van der Waals surface area contributed by atoms with Gasteiger partial charge in [0.1, 0.15) is 12.1 Å². The Balaban J connectivity index is 1.37. The lowest BCUT2D eigenvalue weighted by Crippen LogP contribution is -2.52. The molecule has 1 saturated carbocycles. The topological polar surface area (TPSA) is 96.4 Å². The second-order valence-electron chi connectivity index (χ2n) is 12.6. The number of hydrogen-bond donors (Lipinski definition) is 1. The van der Waals surface area contributed by atoms with Gasteiger partial charge in [-0.05, 0) is 79.5 Å². The Morgan fingerprint density at radius 1 is 1.15 bits per heavy atom. The quantitative estimate of drug-likeness (QED) is 0.342. The average Bonchev–Trinajstić information content (AvgIpc) is 3.63. The molecule has 2 amide bonds. The van der Waals surface area contributed by atoms with E-state index < -0.39 is 12.1 Å².